The Labute approximate surface area is 141 Å². The summed E-state index contributed by atoms with van der Waals surface area (Å²) in [6, 6.07) is 11.0. The van der Waals surface area contributed by atoms with Gasteiger partial charge < -0.3 is 5.32 Å². The first-order valence-electron chi connectivity index (χ1n) is 7.42. The predicted octanol–water partition coefficient (Wildman–Crippen LogP) is 2.67. The molecule has 0 aliphatic heterocycles. The molecule has 1 atom stereocenters. The van der Waals surface area contributed by atoms with Gasteiger partial charge in [-0.1, -0.05) is 12.1 Å². The number of amides is 1. The molecule has 24 heavy (non-hydrogen) atoms. The lowest BCUT2D eigenvalue weighted by Gasteiger charge is -2.11. The molecule has 0 aromatic carbocycles. The Kier molecular flexibility index (Phi) is 3.58. The summed E-state index contributed by atoms with van der Waals surface area (Å²) >= 11 is 1.59. The topological polar surface area (TPSA) is 88.0 Å². The monoisotopic (exact) mass is 338 g/mol. The van der Waals surface area contributed by atoms with Crippen LogP contribution in [0.1, 0.15) is 29.3 Å². The molecule has 120 valence electrons. The van der Waals surface area contributed by atoms with Crippen molar-refractivity contribution in [2.75, 3.05) is 0 Å². The van der Waals surface area contributed by atoms with Crippen LogP contribution < -0.4 is 5.32 Å². The van der Waals surface area contributed by atoms with Crippen LogP contribution in [-0.2, 0) is 0 Å². The van der Waals surface area contributed by atoms with Crippen LogP contribution in [0.4, 0.5) is 0 Å². The van der Waals surface area contributed by atoms with Gasteiger partial charge in [-0.15, -0.1) is 21.5 Å². The number of hydrogen-bond acceptors (Lipinski definition) is 5. The summed E-state index contributed by atoms with van der Waals surface area (Å²) in [5, 5.41) is 20.1. The molecule has 7 nitrogen and oxygen atoms in total. The number of nitrogens with zero attached hydrogens (tertiary/aromatic N) is 4. The van der Waals surface area contributed by atoms with Crippen LogP contribution in [0.5, 0.6) is 0 Å². The number of carbonyl (C=O) groups is 1. The fourth-order valence-electron chi connectivity index (χ4n) is 2.49. The van der Waals surface area contributed by atoms with Crippen LogP contribution >= 0.6 is 11.3 Å². The van der Waals surface area contributed by atoms with Crippen molar-refractivity contribution in [3.05, 3.63) is 59.5 Å². The number of H-pyrrole nitrogens is 1. The molecule has 0 saturated carbocycles. The van der Waals surface area contributed by atoms with E-state index in [9.17, 15) is 4.79 Å². The van der Waals surface area contributed by atoms with Gasteiger partial charge in [0, 0.05) is 6.20 Å². The summed E-state index contributed by atoms with van der Waals surface area (Å²) in [4.78, 5) is 13.5. The minimum Gasteiger partial charge on any atom is -0.341 e. The molecule has 1 unspecified atom stereocenters. The van der Waals surface area contributed by atoms with Crippen molar-refractivity contribution < 1.29 is 4.79 Å². The maximum atomic E-state index is 12.4. The Bertz CT molecular complexity index is 987. The summed E-state index contributed by atoms with van der Waals surface area (Å²) in [6.45, 7) is 1.87. The lowest BCUT2D eigenvalue weighted by atomic mass is 10.2. The van der Waals surface area contributed by atoms with Crippen molar-refractivity contribution >= 4 is 22.9 Å². The normalized spacial score (nSPS) is 12.4. The second-order valence-electron chi connectivity index (χ2n) is 5.33. The molecule has 4 aromatic heterocycles. The molecular formula is C16H14N6OS. The summed E-state index contributed by atoms with van der Waals surface area (Å²) in [7, 11) is 0. The summed E-state index contributed by atoms with van der Waals surface area (Å²) in [5.74, 6) is 0.419. The van der Waals surface area contributed by atoms with Crippen LogP contribution in [0.2, 0.25) is 0 Å². The molecule has 4 aromatic rings. The van der Waals surface area contributed by atoms with Gasteiger partial charge in [-0.25, -0.2) is 0 Å². The number of nitrogens with one attached hydrogen (secondary N) is 2. The minimum atomic E-state index is -0.295. The molecular weight excluding hydrogens is 324 g/mol. The zero-order valence-corrected chi connectivity index (χ0v) is 13.6. The van der Waals surface area contributed by atoms with E-state index >= 15 is 0 Å². The SMILES string of the molecule is CC(NC(=O)c1cc(-c2cccs2)[nH]n1)c1nnc2ccccn12. The highest BCUT2D eigenvalue weighted by atomic mass is 32.1. The Hall–Kier alpha value is -3.00. The quantitative estimate of drug-likeness (QED) is 0.599. The number of aromatic amines is 1. The summed E-state index contributed by atoms with van der Waals surface area (Å²) in [6.07, 6.45) is 1.87. The van der Waals surface area contributed by atoms with Crippen molar-refractivity contribution in [1.29, 1.82) is 0 Å². The largest absolute Gasteiger partial charge is 0.341 e. The van der Waals surface area contributed by atoms with Crippen LogP contribution in [0, 0.1) is 0 Å². The van der Waals surface area contributed by atoms with Crippen molar-refractivity contribution in [1.82, 2.24) is 30.1 Å². The lowest BCUT2D eigenvalue weighted by Crippen LogP contribution is -2.28. The lowest BCUT2D eigenvalue weighted by molar-refractivity contribution is 0.0933. The Morgan fingerprint density at radius 1 is 1.29 bits per heavy atom. The smallest absolute Gasteiger partial charge is 0.272 e. The predicted molar refractivity (Wildman–Crippen MR) is 90.8 cm³/mol. The molecule has 0 saturated heterocycles. The van der Waals surface area contributed by atoms with Crippen molar-refractivity contribution in [3.8, 4) is 10.6 Å². The van der Waals surface area contributed by atoms with Gasteiger partial charge in [0.1, 0.15) is 0 Å². The molecule has 1 amide bonds. The summed E-state index contributed by atoms with van der Waals surface area (Å²) in [5.41, 5.74) is 1.92. The molecule has 0 spiro atoms. The van der Waals surface area contributed by atoms with Gasteiger partial charge in [0.15, 0.2) is 17.2 Å². The molecule has 0 fully saturated rings. The van der Waals surface area contributed by atoms with E-state index in [1.807, 2.05) is 53.2 Å². The standard InChI is InChI=1S/C16H14N6OS/c1-10(15-21-20-14-6-2-3-7-22(14)15)17-16(23)12-9-11(18-19-12)13-5-4-8-24-13/h2-10H,1H3,(H,17,23)(H,18,19). The van der Waals surface area contributed by atoms with Gasteiger partial charge in [0.2, 0.25) is 0 Å². The third-order valence-electron chi connectivity index (χ3n) is 3.67. The third kappa shape index (κ3) is 2.56. The van der Waals surface area contributed by atoms with E-state index in [0.29, 0.717) is 11.5 Å². The fourth-order valence-corrected chi connectivity index (χ4v) is 3.18. The van der Waals surface area contributed by atoms with E-state index in [0.717, 1.165) is 16.2 Å². The van der Waals surface area contributed by atoms with E-state index in [2.05, 4.69) is 25.7 Å². The fraction of sp³-hybridized carbons (Fsp3) is 0.125. The van der Waals surface area contributed by atoms with E-state index < -0.39 is 0 Å². The average Bonchev–Trinajstić information content (AvgIpc) is 3.33. The first-order valence-corrected chi connectivity index (χ1v) is 8.30. The van der Waals surface area contributed by atoms with Gasteiger partial charge in [-0.2, -0.15) is 5.10 Å². The Balaban J connectivity index is 1.53. The maximum Gasteiger partial charge on any atom is 0.272 e. The summed E-state index contributed by atoms with van der Waals surface area (Å²) < 4.78 is 1.85. The molecule has 0 aliphatic carbocycles. The van der Waals surface area contributed by atoms with Crippen molar-refractivity contribution in [2.24, 2.45) is 0 Å². The van der Waals surface area contributed by atoms with Gasteiger partial charge >= 0.3 is 0 Å². The molecule has 8 heteroatoms. The van der Waals surface area contributed by atoms with Crippen LogP contribution in [0.25, 0.3) is 16.2 Å². The number of rotatable bonds is 4. The number of carbonyl (C=O) groups excluding carboxylic acids is 1. The van der Waals surface area contributed by atoms with Gasteiger partial charge in [-0.05, 0) is 36.6 Å². The number of thiophene rings is 1. The van der Waals surface area contributed by atoms with Gasteiger partial charge in [0.05, 0.1) is 16.6 Å². The molecule has 0 aliphatic rings. The second kappa shape index (κ2) is 5.89. The number of fused-ring (bicyclic) bond motifs is 1. The number of pyridine rings is 1. The van der Waals surface area contributed by atoms with E-state index in [-0.39, 0.29) is 11.9 Å². The molecule has 4 rings (SSSR count). The highest BCUT2D eigenvalue weighted by Gasteiger charge is 2.18. The molecule has 0 radical (unpaired) electrons. The van der Waals surface area contributed by atoms with Gasteiger partial charge in [0.25, 0.3) is 5.91 Å². The van der Waals surface area contributed by atoms with Crippen molar-refractivity contribution in [2.45, 2.75) is 13.0 Å². The first-order chi connectivity index (χ1) is 11.7. The first kappa shape index (κ1) is 14.6. The Morgan fingerprint density at radius 2 is 2.21 bits per heavy atom. The minimum absolute atomic E-state index is 0.255. The van der Waals surface area contributed by atoms with E-state index in [1.165, 1.54) is 0 Å². The molecule has 0 bridgehead atoms. The molecule has 2 N–H and O–H groups in total. The number of hydrogen-bond donors (Lipinski definition) is 2. The Morgan fingerprint density at radius 3 is 3.04 bits per heavy atom. The van der Waals surface area contributed by atoms with Crippen LogP contribution in [0.3, 0.4) is 0 Å². The highest BCUT2D eigenvalue weighted by Crippen LogP contribution is 2.23. The van der Waals surface area contributed by atoms with Gasteiger partial charge in [-0.3, -0.25) is 14.3 Å². The average molecular weight is 338 g/mol. The van der Waals surface area contributed by atoms with Crippen molar-refractivity contribution in [3.63, 3.8) is 0 Å². The molecule has 4 heterocycles. The maximum absolute atomic E-state index is 12.4. The zero-order valence-electron chi connectivity index (χ0n) is 12.8. The van der Waals surface area contributed by atoms with Crippen LogP contribution in [-0.4, -0.2) is 30.7 Å². The number of aromatic nitrogens is 5. The zero-order chi connectivity index (χ0) is 16.5. The third-order valence-corrected chi connectivity index (χ3v) is 4.58. The second-order valence-corrected chi connectivity index (χ2v) is 6.27. The highest BCUT2D eigenvalue weighted by molar-refractivity contribution is 7.13. The van der Waals surface area contributed by atoms with E-state index in [4.69, 9.17) is 0 Å². The van der Waals surface area contributed by atoms with E-state index in [1.54, 1.807) is 17.4 Å². The van der Waals surface area contributed by atoms with Crippen LogP contribution in [0.15, 0.2) is 48.0 Å².